The fourth-order valence-electron chi connectivity index (χ4n) is 3.13. The largest absolute Gasteiger partial charge is 0.506 e. The zero-order valence-corrected chi connectivity index (χ0v) is 19.6. The van der Waals surface area contributed by atoms with Gasteiger partial charge >= 0.3 is 0 Å². The molecule has 0 aromatic heterocycles. The number of aryl methyl sites for hydroxylation is 1. The predicted octanol–water partition coefficient (Wildman–Crippen LogP) is 7.14. The van der Waals surface area contributed by atoms with Gasteiger partial charge in [0.15, 0.2) is 0 Å². The molecule has 0 atom stereocenters. The Morgan fingerprint density at radius 2 is 1.60 bits per heavy atom. The van der Waals surface area contributed by atoms with Gasteiger partial charge in [0.25, 0.3) is 0 Å². The van der Waals surface area contributed by atoms with Crippen LogP contribution in [0.15, 0.2) is 18.2 Å². The van der Waals surface area contributed by atoms with Gasteiger partial charge in [-0.3, -0.25) is 0 Å². The molecule has 0 heterocycles. The summed E-state index contributed by atoms with van der Waals surface area (Å²) >= 11 is 4.45. The van der Waals surface area contributed by atoms with E-state index in [4.69, 9.17) is 0 Å². The van der Waals surface area contributed by atoms with Gasteiger partial charge in [-0.05, 0) is 87.6 Å². The highest BCUT2D eigenvalue weighted by Crippen LogP contribution is 2.47. The molecule has 0 aliphatic heterocycles. The lowest BCUT2D eigenvalue weighted by molar-refractivity contribution is 0.447. The third-order valence-corrected chi connectivity index (χ3v) is 6.87. The highest BCUT2D eigenvalue weighted by atomic mass is 127. The van der Waals surface area contributed by atoms with Crippen molar-refractivity contribution in [1.82, 2.24) is 0 Å². The average Bonchev–Trinajstić information content (AvgIpc) is 2.56. The molecule has 0 saturated heterocycles. The molecule has 136 valence electrons. The van der Waals surface area contributed by atoms with Crippen molar-refractivity contribution in [3.05, 3.63) is 42.0 Å². The lowest BCUT2D eigenvalue weighted by atomic mass is 9.89. The van der Waals surface area contributed by atoms with Crippen molar-refractivity contribution in [1.29, 1.82) is 0 Å². The third kappa shape index (κ3) is 4.43. The van der Waals surface area contributed by atoms with Gasteiger partial charge in [-0.25, -0.2) is 0 Å². The Balaban J connectivity index is 2.67. The van der Waals surface area contributed by atoms with Crippen LogP contribution in [0.1, 0.15) is 62.6 Å². The lowest BCUT2D eigenvalue weighted by Crippen LogP contribution is -2.00. The molecule has 2 nitrogen and oxygen atoms in total. The number of phenolic OH excluding ortho intramolecular Hbond substituents is 2. The van der Waals surface area contributed by atoms with Gasteiger partial charge in [0, 0.05) is 0 Å². The first-order valence-corrected chi connectivity index (χ1v) is 11.0. The molecule has 0 radical (unpaired) electrons. The lowest BCUT2D eigenvalue weighted by Gasteiger charge is -2.20. The molecule has 0 spiro atoms. The van der Waals surface area contributed by atoms with Gasteiger partial charge in [0.1, 0.15) is 11.5 Å². The molecule has 2 N–H and O–H groups in total. The predicted molar refractivity (Wildman–Crippen MR) is 123 cm³/mol. The molecule has 0 aliphatic rings. The normalized spacial score (nSPS) is 11.3. The number of hydrogen-bond donors (Lipinski definition) is 2. The zero-order valence-electron chi connectivity index (χ0n) is 15.3. The SMILES string of the molecule is CCCCCc1c(I)c(O)c(-c2cc(C)ccc2C(C)C)c(O)c1I. The van der Waals surface area contributed by atoms with E-state index >= 15 is 0 Å². The summed E-state index contributed by atoms with van der Waals surface area (Å²) in [5, 5.41) is 21.8. The Kier molecular flexibility index (Phi) is 7.43. The Morgan fingerprint density at radius 1 is 1.00 bits per heavy atom. The minimum Gasteiger partial charge on any atom is -0.506 e. The summed E-state index contributed by atoms with van der Waals surface area (Å²) in [6, 6.07) is 6.25. The highest BCUT2D eigenvalue weighted by molar-refractivity contribution is 14.1. The minimum atomic E-state index is 0.206. The monoisotopic (exact) mass is 564 g/mol. The molecule has 0 saturated carbocycles. The van der Waals surface area contributed by atoms with Crippen LogP contribution in [0.2, 0.25) is 0 Å². The maximum absolute atomic E-state index is 10.9. The van der Waals surface area contributed by atoms with Crippen LogP contribution in [0.4, 0.5) is 0 Å². The van der Waals surface area contributed by atoms with Crippen LogP contribution in [0.5, 0.6) is 11.5 Å². The molecule has 2 aromatic rings. The number of benzene rings is 2. The summed E-state index contributed by atoms with van der Waals surface area (Å²) in [5.41, 5.74) is 4.82. The van der Waals surface area contributed by atoms with E-state index in [2.05, 4.69) is 84.2 Å². The number of hydrogen-bond acceptors (Lipinski definition) is 2. The number of halogens is 2. The van der Waals surface area contributed by atoms with Crippen molar-refractivity contribution in [2.75, 3.05) is 0 Å². The molecule has 0 aliphatic carbocycles. The van der Waals surface area contributed by atoms with E-state index in [1.807, 2.05) is 6.92 Å². The number of unbranched alkanes of at least 4 members (excludes halogenated alkanes) is 2. The fourth-order valence-corrected chi connectivity index (χ4v) is 5.26. The van der Waals surface area contributed by atoms with Gasteiger partial charge in [0.2, 0.25) is 0 Å². The quantitative estimate of drug-likeness (QED) is 0.290. The second-order valence-electron chi connectivity index (χ2n) is 6.88. The van der Waals surface area contributed by atoms with Crippen molar-refractivity contribution in [3.8, 4) is 22.6 Å². The molecule has 2 rings (SSSR count). The van der Waals surface area contributed by atoms with Crippen LogP contribution in [0.25, 0.3) is 11.1 Å². The summed E-state index contributed by atoms with van der Waals surface area (Å²) in [5.74, 6) is 0.726. The highest BCUT2D eigenvalue weighted by Gasteiger charge is 2.24. The Hall–Kier alpha value is -0.500. The minimum absolute atomic E-state index is 0.206. The van der Waals surface area contributed by atoms with Crippen molar-refractivity contribution < 1.29 is 10.2 Å². The summed E-state index contributed by atoms with van der Waals surface area (Å²) in [6.45, 7) is 8.49. The summed E-state index contributed by atoms with van der Waals surface area (Å²) < 4.78 is 1.73. The van der Waals surface area contributed by atoms with Crippen molar-refractivity contribution in [3.63, 3.8) is 0 Å². The maximum atomic E-state index is 10.9. The number of aromatic hydroxyl groups is 2. The van der Waals surface area contributed by atoms with Crippen molar-refractivity contribution >= 4 is 45.2 Å². The van der Waals surface area contributed by atoms with Crippen LogP contribution in [0.3, 0.4) is 0 Å². The molecule has 2 aromatic carbocycles. The maximum Gasteiger partial charge on any atom is 0.140 e. The summed E-state index contributed by atoms with van der Waals surface area (Å²) in [4.78, 5) is 0. The number of phenols is 2. The molecule has 4 heteroatoms. The second-order valence-corrected chi connectivity index (χ2v) is 9.04. The van der Waals surface area contributed by atoms with Crippen LogP contribution >= 0.6 is 45.2 Å². The summed E-state index contributed by atoms with van der Waals surface area (Å²) in [6.07, 6.45) is 4.27. The second kappa shape index (κ2) is 8.93. The third-order valence-electron chi connectivity index (χ3n) is 4.55. The molecular formula is C21H26I2O2. The Labute approximate surface area is 178 Å². The van der Waals surface area contributed by atoms with E-state index in [1.54, 1.807) is 0 Å². The molecule has 0 bridgehead atoms. The van der Waals surface area contributed by atoms with Gasteiger partial charge < -0.3 is 10.2 Å². The van der Waals surface area contributed by atoms with Crippen molar-refractivity contribution in [2.45, 2.75) is 59.3 Å². The fraction of sp³-hybridized carbons (Fsp3) is 0.429. The zero-order chi connectivity index (χ0) is 18.7. The number of rotatable bonds is 6. The van der Waals surface area contributed by atoms with Gasteiger partial charge in [-0.1, -0.05) is 57.4 Å². The molecule has 0 fully saturated rings. The topological polar surface area (TPSA) is 40.5 Å². The van der Waals surface area contributed by atoms with Crippen LogP contribution in [0, 0.1) is 14.1 Å². The van der Waals surface area contributed by atoms with Crippen LogP contribution < -0.4 is 0 Å². The molecule has 25 heavy (non-hydrogen) atoms. The molecular weight excluding hydrogens is 538 g/mol. The standard InChI is InChI=1S/C21H26I2O2/c1-5-6-7-8-15-18(22)20(24)17(21(25)19(15)23)16-11-13(4)9-10-14(16)12(2)3/h9-12,24-25H,5-8H2,1-4H3. The average molecular weight is 564 g/mol. The first-order chi connectivity index (χ1) is 11.8. The molecule has 0 unspecified atom stereocenters. The van der Waals surface area contributed by atoms with Gasteiger partial charge in [0.05, 0.1) is 12.7 Å². The van der Waals surface area contributed by atoms with E-state index < -0.39 is 0 Å². The van der Waals surface area contributed by atoms with Gasteiger partial charge in [-0.2, -0.15) is 0 Å². The summed E-state index contributed by atoms with van der Waals surface area (Å²) in [7, 11) is 0. The van der Waals surface area contributed by atoms with E-state index in [1.165, 1.54) is 0 Å². The van der Waals surface area contributed by atoms with E-state index in [9.17, 15) is 10.2 Å². The first kappa shape index (κ1) is 20.8. The van der Waals surface area contributed by atoms with Crippen molar-refractivity contribution in [2.24, 2.45) is 0 Å². The molecule has 0 amide bonds. The smallest absolute Gasteiger partial charge is 0.140 e. The van der Waals surface area contributed by atoms with Crippen LogP contribution in [-0.2, 0) is 6.42 Å². The van der Waals surface area contributed by atoms with Crippen LogP contribution in [-0.4, -0.2) is 10.2 Å². The van der Waals surface area contributed by atoms with E-state index in [-0.39, 0.29) is 11.5 Å². The Bertz CT molecular complexity index is 738. The first-order valence-electron chi connectivity index (χ1n) is 8.82. The Morgan fingerprint density at radius 3 is 2.12 bits per heavy atom. The van der Waals surface area contributed by atoms with E-state index in [0.717, 1.165) is 55.1 Å². The van der Waals surface area contributed by atoms with Gasteiger partial charge in [-0.15, -0.1) is 0 Å². The van der Waals surface area contributed by atoms with E-state index in [0.29, 0.717) is 11.5 Å².